The Morgan fingerprint density at radius 2 is 2.00 bits per heavy atom. The third-order valence-corrected chi connectivity index (χ3v) is 5.48. The van der Waals surface area contributed by atoms with Gasteiger partial charge < -0.3 is 21.3 Å². The molecule has 1 aliphatic heterocycles. The fourth-order valence-corrected chi connectivity index (χ4v) is 4.09. The number of primary amides is 1. The van der Waals surface area contributed by atoms with Crippen LogP contribution < -0.4 is 16.4 Å². The zero-order chi connectivity index (χ0) is 14.3. The van der Waals surface area contributed by atoms with Crippen molar-refractivity contribution in [2.24, 2.45) is 5.73 Å². The van der Waals surface area contributed by atoms with Gasteiger partial charge in [0.05, 0.1) is 10.7 Å². The highest BCUT2D eigenvalue weighted by Crippen LogP contribution is 2.51. The molecule has 110 valence electrons. The zero-order valence-corrected chi connectivity index (χ0v) is 12.7. The number of thiophene rings is 1. The van der Waals surface area contributed by atoms with Crippen LogP contribution in [0, 0.1) is 0 Å². The van der Waals surface area contributed by atoms with Gasteiger partial charge in [-0.15, -0.1) is 11.3 Å². The summed E-state index contributed by atoms with van der Waals surface area (Å²) in [6.07, 6.45) is 3.50. The number of nitrogens with two attached hydrogens (primary N) is 2. The normalized spacial score (nSPS) is 20.9. The molecule has 2 fully saturated rings. The van der Waals surface area contributed by atoms with Gasteiger partial charge in [0.2, 0.25) is 0 Å². The fourth-order valence-electron chi connectivity index (χ4n) is 2.88. The Labute approximate surface area is 123 Å². The highest BCUT2D eigenvalue weighted by molar-refractivity contribution is 7.18. The van der Waals surface area contributed by atoms with Gasteiger partial charge in [-0.25, -0.2) is 0 Å². The van der Waals surface area contributed by atoms with E-state index < -0.39 is 5.91 Å². The van der Waals surface area contributed by atoms with Gasteiger partial charge in [-0.1, -0.05) is 0 Å². The summed E-state index contributed by atoms with van der Waals surface area (Å²) in [5, 5.41) is 1.19. The molecule has 1 saturated carbocycles. The number of hydrogen-bond donors (Lipinski definition) is 2. The lowest BCUT2D eigenvalue weighted by Gasteiger charge is -2.22. The van der Waals surface area contributed by atoms with Crippen LogP contribution in [0.5, 0.6) is 0 Å². The van der Waals surface area contributed by atoms with Crippen LogP contribution in [0.3, 0.4) is 0 Å². The van der Waals surface area contributed by atoms with Crippen LogP contribution in [0.25, 0.3) is 0 Å². The first-order valence-corrected chi connectivity index (χ1v) is 8.05. The number of likely N-dealkylation sites (N-methyl/N-ethyl adjacent to an activating group) is 1. The minimum absolute atomic E-state index is 0.396. The molecule has 1 aromatic rings. The van der Waals surface area contributed by atoms with Crippen molar-refractivity contribution in [3.63, 3.8) is 0 Å². The molecule has 3 rings (SSSR count). The highest BCUT2D eigenvalue weighted by atomic mass is 32.1. The zero-order valence-electron chi connectivity index (χ0n) is 11.9. The molecular formula is C14H22N4OS. The van der Waals surface area contributed by atoms with Gasteiger partial charge in [-0.05, 0) is 38.8 Å². The third-order valence-electron chi connectivity index (χ3n) is 4.18. The van der Waals surface area contributed by atoms with Crippen molar-refractivity contribution < 1.29 is 4.79 Å². The van der Waals surface area contributed by atoms with Gasteiger partial charge in [0, 0.05) is 25.2 Å². The fraction of sp³-hybridized carbons (Fsp3) is 0.643. The molecule has 0 radical (unpaired) electrons. The molecule has 1 saturated heterocycles. The Hall–Kier alpha value is -1.27. The van der Waals surface area contributed by atoms with Crippen molar-refractivity contribution in [2.45, 2.75) is 25.2 Å². The van der Waals surface area contributed by atoms with E-state index in [0.29, 0.717) is 16.5 Å². The molecule has 2 aliphatic rings. The summed E-state index contributed by atoms with van der Waals surface area (Å²) in [7, 11) is 2.16. The number of carbonyl (C=O) groups is 1. The molecule has 0 spiro atoms. The van der Waals surface area contributed by atoms with E-state index >= 15 is 0 Å². The number of rotatable bonds is 3. The summed E-state index contributed by atoms with van der Waals surface area (Å²) < 4.78 is 0. The quantitative estimate of drug-likeness (QED) is 0.884. The second-order valence-corrected chi connectivity index (χ2v) is 6.85. The van der Waals surface area contributed by atoms with E-state index in [-0.39, 0.29) is 0 Å². The molecular weight excluding hydrogens is 272 g/mol. The SMILES string of the molecule is CN1CCCN(c2sc(C(N)=O)c(N)c2C2CC2)CC1. The van der Waals surface area contributed by atoms with Crippen molar-refractivity contribution in [2.75, 3.05) is 43.9 Å². The second kappa shape index (κ2) is 5.26. The summed E-state index contributed by atoms with van der Waals surface area (Å²) in [4.78, 5) is 16.8. The van der Waals surface area contributed by atoms with Crippen molar-refractivity contribution in [3.8, 4) is 0 Å². The van der Waals surface area contributed by atoms with Crippen molar-refractivity contribution in [1.29, 1.82) is 0 Å². The molecule has 6 heteroatoms. The highest BCUT2D eigenvalue weighted by Gasteiger charge is 2.34. The average molecular weight is 294 g/mol. The standard InChI is InChI=1S/C14H22N4OS/c1-17-5-2-6-18(8-7-17)14-10(9-3-4-9)11(15)12(20-14)13(16)19/h9H,2-8,15H2,1H3,(H2,16,19). The number of carbonyl (C=O) groups excluding carboxylic acids is 1. The Morgan fingerprint density at radius 1 is 1.25 bits per heavy atom. The molecule has 1 aromatic heterocycles. The van der Waals surface area contributed by atoms with E-state index in [1.807, 2.05) is 0 Å². The van der Waals surface area contributed by atoms with E-state index in [1.54, 1.807) is 0 Å². The van der Waals surface area contributed by atoms with Gasteiger partial charge in [0.25, 0.3) is 5.91 Å². The molecule has 20 heavy (non-hydrogen) atoms. The lowest BCUT2D eigenvalue weighted by molar-refractivity contribution is 0.100. The minimum Gasteiger partial charge on any atom is -0.397 e. The van der Waals surface area contributed by atoms with E-state index in [2.05, 4.69) is 16.8 Å². The number of hydrogen-bond acceptors (Lipinski definition) is 5. The molecule has 5 nitrogen and oxygen atoms in total. The number of nitrogens with zero attached hydrogens (tertiary/aromatic N) is 2. The van der Waals surface area contributed by atoms with Crippen LogP contribution in [-0.4, -0.2) is 44.0 Å². The maximum atomic E-state index is 11.6. The largest absolute Gasteiger partial charge is 0.397 e. The topological polar surface area (TPSA) is 75.6 Å². The Bertz CT molecular complexity index is 523. The van der Waals surface area contributed by atoms with E-state index in [9.17, 15) is 4.79 Å². The minimum atomic E-state index is -0.396. The Kier molecular flexibility index (Phi) is 3.60. The maximum Gasteiger partial charge on any atom is 0.260 e. The van der Waals surface area contributed by atoms with Crippen molar-refractivity contribution in [1.82, 2.24) is 4.90 Å². The molecule has 0 aromatic carbocycles. The van der Waals surface area contributed by atoms with Gasteiger partial charge in [-0.3, -0.25) is 4.79 Å². The lowest BCUT2D eigenvalue weighted by atomic mass is 10.1. The van der Waals surface area contributed by atoms with Gasteiger partial charge in [-0.2, -0.15) is 0 Å². The van der Waals surface area contributed by atoms with E-state index in [0.717, 1.165) is 32.6 Å². The Morgan fingerprint density at radius 3 is 2.65 bits per heavy atom. The van der Waals surface area contributed by atoms with Crippen molar-refractivity contribution in [3.05, 3.63) is 10.4 Å². The summed E-state index contributed by atoms with van der Waals surface area (Å²) in [6.45, 7) is 4.20. The smallest absolute Gasteiger partial charge is 0.260 e. The molecule has 4 N–H and O–H groups in total. The first-order chi connectivity index (χ1) is 9.58. The molecule has 1 amide bonds. The van der Waals surface area contributed by atoms with Crippen molar-refractivity contribution >= 4 is 27.9 Å². The van der Waals surface area contributed by atoms with Crippen LogP contribution in [0.1, 0.15) is 40.4 Å². The van der Waals surface area contributed by atoms with Gasteiger partial charge >= 0.3 is 0 Å². The second-order valence-electron chi connectivity index (χ2n) is 5.85. The average Bonchev–Trinajstić information content (AvgIpc) is 3.18. The van der Waals surface area contributed by atoms with Crippen LogP contribution in [0.4, 0.5) is 10.7 Å². The summed E-state index contributed by atoms with van der Waals surface area (Å²) in [6, 6.07) is 0. The number of nitrogen functional groups attached to an aromatic ring is 1. The summed E-state index contributed by atoms with van der Waals surface area (Å²) >= 11 is 1.49. The third kappa shape index (κ3) is 2.50. The molecule has 2 heterocycles. The summed E-state index contributed by atoms with van der Waals surface area (Å²) in [5.41, 5.74) is 13.5. The number of amides is 1. The molecule has 1 aliphatic carbocycles. The molecule has 0 bridgehead atoms. The monoisotopic (exact) mass is 294 g/mol. The number of anilines is 2. The van der Waals surface area contributed by atoms with Crippen LogP contribution in [0.2, 0.25) is 0 Å². The van der Waals surface area contributed by atoms with Gasteiger partial charge in [0.1, 0.15) is 4.88 Å². The summed E-state index contributed by atoms with van der Waals surface area (Å²) in [5.74, 6) is 0.142. The molecule has 0 unspecified atom stereocenters. The van der Waals surface area contributed by atoms with Crippen LogP contribution >= 0.6 is 11.3 Å². The van der Waals surface area contributed by atoms with Gasteiger partial charge in [0.15, 0.2) is 0 Å². The predicted molar refractivity (Wildman–Crippen MR) is 83.6 cm³/mol. The maximum absolute atomic E-state index is 11.6. The van der Waals surface area contributed by atoms with Crippen LogP contribution in [0.15, 0.2) is 0 Å². The lowest BCUT2D eigenvalue weighted by Crippen LogP contribution is -2.28. The first-order valence-electron chi connectivity index (χ1n) is 7.23. The van der Waals surface area contributed by atoms with Crippen LogP contribution in [-0.2, 0) is 0 Å². The first kappa shape index (κ1) is 13.7. The van der Waals surface area contributed by atoms with E-state index in [4.69, 9.17) is 11.5 Å². The van der Waals surface area contributed by atoms with E-state index in [1.165, 1.54) is 34.7 Å². The Balaban J connectivity index is 1.95. The molecule has 0 atom stereocenters. The predicted octanol–water partition coefficient (Wildman–Crippen LogP) is 1.45.